The van der Waals surface area contributed by atoms with Crippen LogP contribution in [0.3, 0.4) is 0 Å². The van der Waals surface area contributed by atoms with E-state index in [9.17, 15) is 0 Å². The van der Waals surface area contributed by atoms with Gasteiger partial charge in [-0.3, -0.25) is 9.80 Å². The second kappa shape index (κ2) is 5.83. The van der Waals surface area contributed by atoms with E-state index in [1.165, 1.54) is 13.1 Å². The van der Waals surface area contributed by atoms with Crippen LogP contribution in [0, 0.1) is 11.8 Å². The second-order valence-electron chi connectivity index (χ2n) is 5.25. The van der Waals surface area contributed by atoms with Gasteiger partial charge in [0.1, 0.15) is 0 Å². The molecule has 2 fully saturated rings. The lowest BCUT2D eigenvalue weighted by molar-refractivity contribution is 0.0201. The Morgan fingerprint density at radius 1 is 1.29 bits per heavy atom. The lowest BCUT2D eigenvalue weighted by Gasteiger charge is -2.47. The summed E-state index contributed by atoms with van der Waals surface area (Å²) in [5.74, 6) is 5.88. The van der Waals surface area contributed by atoms with Crippen molar-refractivity contribution in [1.82, 2.24) is 9.80 Å². The van der Waals surface area contributed by atoms with Crippen LogP contribution in [-0.2, 0) is 0 Å². The zero-order chi connectivity index (χ0) is 12.3. The molecule has 0 radical (unpaired) electrons. The molecule has 0 aromatic carbocycles. The highest BCUT2D eigenvalue weighted by Gasteiger charge is 2.33. The summed E-state index contributed by atoms with van der Waals surface area (Å²) in [4.78, 5) is 4.98. The zero-order valence-electron chi connectivity index (χ0n) is 10.7. The van der Waals surface area contributed by atoms with Crippen molar-refractivity contribution in [2.24, 2.45) is 11.5 Å². The van der Waals surface area contributed by atoms with Gasteiger partial charge in [-0.15, -0.1) is 5.92 Å². The molecule has 2 saturated heterocycles. The number of hydrogen-bond acceptors (Lipinski definition) is 4. The van der Waals surface area contributed by atoms with E-state index in [1.807, 2.05) is 6.92 Å². The summed E-state index contributed by atoms with van der Waals surface area (Å²) < 4.78 is 0. The molecule has 4 N–H and O–H groups in total. The summed E-state index contributed by atoms with van der Waals surface area (Å²) in [6.45, 7) is 7.38. The molecule has 0 bridgehead atoms. The Labute approximate surface area is 104 Å². The van der Waals surface area contributed by atoms with Crippen molar-refractivity contribution in [3.8, 4) is 11.8 Å². The predicted octanol–water partition coefficient (Wildman–Crippen LogP) is -0.556. The van der Waals surface area contributed by atoms with Crippen LogP contribution in [0.25, 0.3) is 0 Å². The normalized spacial score (nSPS) is 26.1. The van der Waals surface area contributed by atoms with E-state index in [0.29, 0.717) is 6.04 Å². The maximum atomic E-state index is 5.91. The van der Waals surface area contributed by atoms with Crippen molar-refractivity contribution in [2.45, 2.75) is 37.9 Å². The summed E-state index contributed by atoms with van der Waals surface area (Å²) in [6, 6.07) is 1.16. The molecule has 2 aliphatic heterocycles. The summed E-state index contributed by atoms with van der Waals surface area (Å²) in [6.07, 6.45) is 2.30. The van der Waals surface area contributed by atoms with Crippen molar-refractivity contribution >= 4 is 0 Å². The van der Waals surface area contributed by atoms with E-state index in [4.69, 9.17) is 11.5 Å². The second-order valence-corrected chi connectivity index (χ2v) is 5.25. The molecular weight excluding hydrogens is 212 g/mol. The van der Waals surface area contributed by atoms with Gasteiger partial charge in [-0.05, 0) is 19.8 Å². The Bertz CT molecular complexity index is 292. The van der Waals surface area contributed by atoms with Gasteiger partial charge >= 0.3 is 0 Å². The van der Waals surface area contributed by atoms with Crippen LogP contribution in [0.5, 0.6) is 0 Å². The zero-order valence-corrected chi connectivity index (χ0v) is 10.7. The third kappa shape index (κ3) is 3.43. The first-order chi connectivity index (χ1) is 8.19. The maximum Gasteiger partial charge on any atom is 0.0793 e. The van der Waals surface area contributed by atoms with E-state index in [1.54, 1.807) is 0 Å². The molecule has 4 nitrogen and oxygen atoms in total. The molecule has 0 aliphatic carbocycles. The lowest BCUT2D eigenvalue weighted by atomic mass is 10.00. The molecule has 0 aromatic rings. The minimum absolute atomic E-state index is 0.00993. The van der Waals surface area contributed by atoms with E-state index in [0.717, 1.165) is 38.5 Å². The van der Waals surface area contributed by atoms with Gasteiger partial charge in [0, 0.05) is 44.8 Å². The average Bonchev–Trinajstić information content (AvgIpc) is 2.25. The van der Waals surface area contributed by atoms with Crippen LogP contribution in [0.2, 0.25) is 0 Å². The summed E-state index contributed by atoms with van der Waals surface area (Å²) in [5, 5.41) is 0. The standard InChI is InChI=1S/C13H24N4/c1-2-3-12(15)8-16-9-13(10-16)17-6-4-11(14)5-7-17/h11-13H,4-10,14-15H2,1H3. The van der Waals surface area contributed by atoms with Gasteiger partial charge in [-0.25, -0.2) is 0 Å². The Morgan fingerprint density at radius 2 is 1.94 bits per heavy atom. The lowest BCUT2D eigenvalue weighted by Crippen LogP contribution is -2.62. The minimum atomic E-state index is 0.00993. The van der Waals surface area contributed by atoms with Gasteiger partial charge in [0.25, 0.3) is 0 Å². The van der Waals surface area contributed by atoms with Crippen LogP contribution in [0.1, 0.15) is 19.8 Å². The molecule has 17 heavy (non-hydrogen) atoms. The molecule has 0 aromatic heterocycles. The topological polar surface area (TPSA) is 58.5 Å². The van der Waals surface area contributed by atoms with Gasteiger partial charge < -0.3 is 11.5 Å². The summed E-state index contributed by atoms with van der Waals surface area (Å²) in [7, 11) is 0. The van der Waals surface area contributed by atoms with Crippen molar-refractivity contribution in [3.63, 3.8) is 0 Å². The molecule has 2 rings (SSSR count). The fraction of sp³-hybridized carbons (Fsp3) is 0.846. The average molecular weight is 236 g/mol. The van der Waals surface area contributed by atoms with Crippen molar-refractivity contribution in [2.75, 3.05) is 32.7 Å². The number of rotatable bonds is 3. The quantitative estimate of drug-likeness (QED) is 0.645. The van der Waals surface area contributed by atoms with Gasteiger partial charge in [-0.1, -0.05) is 5.92 Å². The molecule has 2 aliphatic rings. The fourth-order valence-corrected chi connectivity index (χ4v) is 2.72. The monoisotopic (exact) mass is 236 g/mol. The molecule has 1 unspecified atom stereocenters. The van der Waals surface area contributed by atoms with Gasteiger partial charge in [0.05, 0.1) is 6.04 Å². The summed E-state index contributed by atoms with van der Waals surface area (Å²) in [5.41, 5.74) is 11.8. The highest BCUT2D eigenvalue weighted by Crippen LogP contribution is 2.19. The molecular formula is C13H24N4. The van der Waals surface area contributed by atoms with Crippen LogP contribution in [0.4, 0.5) is 0 Å². The van der Waals surface area contributed by atoms with E-state index < -0.39 is 0 Å². The third-order valence-electron chi connectivity index (χ3n) is 3.81. The molecule has 0 amide bonds. The van der Waals surface area contributed by atoms with Crippen LogP contribution in [0.15, 0.2) is 0 Å². The Hall–Kier alpha value is -0.600. The highest BCUT2D eigenvalue weighted by atomic mass is 15.3. The third-order valence-corrected chi connectivity index (χ3v) is 3.81. The van der Waals surface area contributed by atoms with Gasteiger partial charge in [0.15, 0.2) is 0 Å². The largest absolute Gasteiger partial charge is 0.328 e. The fourth-order valence-electron chi connectivity index (χ4n) is 2.72. The van der Waals surface area contributed by atoms with E-state index in [2.05, 4.69) is 21.6 Å². The Kier molecular flexibility index (Phi) is 4.41. The van der Waals surface area contributed by atoms with Crippen LogP contribution >= 0.6 is 0 Å². The van der Waals surface area contributed by atoms with Crippen molar-refractivity contribution in [3.05, 3.63) is 0 Å². The summed E-state index contributed by atoms with van der Waals surface area (Å²) >= 11 is 0. The van der Waals surface area contributed by atoms with Gasteiger partial charge in [0.2, 0.25) is 0 Å². The number of nitrogens with zero attached hydrogens (tertiary/aromatic N) is 2. The molecule has 1 atom stereocenters. The number of piperidine rings is 1. The van der Waals surface area contributed by atoms with Crippen molar-refractivity contribution in [1.29, 1.82) is 0 Å². The first kappa shape index (κ1) is 12.8. The van der Waals surface area contributed by atoms with Crippen molar-refractivity contribution < 1.29 is 0 Å². The van der Waals surface area contributed by atoms with Crippen LogP contribution in [-0.4, -0.2) is 60.6 Å². The first-order valence-electron chi connectivity index (χ1n) is 6.59. The minimum Gasteiger partial charge on any atom is -0.328 e. The SMILES string of the molecule is CC#CC(N)CN1CC(N2CCC(N)CC2)C1. The van der Waals surface area contributed by atoms with Crippen LogP contribution < -0.4 is 11.5 Å². The first-order valence-corrected chi connectivity index (χ1v) is 6.59. The number of hydrogen-bond donors (Lipinski definition) is 2. The molecule has 0 saturated carbocycles. The van der Waals surface area contributed by atoms with E-state index in [-0.39, 0.29) is 6.04 Å². The maximum absolute atomic E-state index is 5.91. The predicted molar refractivity (Wildman–Crippen MR) is 70.4 cm³/mol. The number of nitrogens with two attached hydrogens (primary N) is 2. The molecule has 2 heterocycles. The smallest absolute Gasteiger partial charge is 0.0793 e. The Balaban J connectivity index is 1.66. The Morgan fingerprint density at radius 3 is 2.53 bits per heavy atom. The molecule has 4 heteroatoms. The number of likely N-dealkylation sites (tertiary alicyclic amines) is 2. The highest BCUT2D eigenvalue weighted by molar-refractivity contribution is 5.06. The van der Waals surface area contributed by atoms with Gasteiger partial charge in [-0.2, -0.15) is 0 Å². The van der Waals surface area contributed by atoms with E-state index >= 15 is 0 Å². The molecule has 96 valence electrons. The molecule has 0 spiro atoms.